The molecule has 0 saturated heterocycles. The first-order valence-corrected chi connectivity index (χ1v) is 6.97. The summed E-state index contributed by atoms with van der Waals surface area (Å²) in [5, 5.41) is 10.3. The van der Waals surface area contributed by atoms with Crippen molar-refractivity contribution in [1.29, 1.82) is 0 Å². The number of aliphatic hydroxyl groups is 1. The van der Waals surface area contributed by atoms with Crippen molar-refractivity contribution in [1.82, 2.24) is 0 Å². The van der Waals surface area contributed by atoms with E-state index < -0.39 is 0 Å². The van der Waals surface area contributed by atoms with Crippen molar-refractivity contribution >= 4 is 0 Å². The molecule has 2 nitrogen and oxygen atoms in total. The second-order valence-electron chi connectivity index (χ2n) is 5.71. The zero-order valence-corrected chi connectivity index (χ0v) is 11.6. The number of hydrogen-bond acceptors (Lipinski definition) is 2. The van der Waals surface area contributed by atoms with Gasteiger partial charge in [0.1, 0.15) is 0 Å². The fourth-order valence-electron chi connectivity index (χ4n) is 2.55. The number of fused-ring (bicyclic) bond motifs is 1. The molecule has 0 amide bonds. The van der Waals surface area contributed by atoms with Crippen LogP contribution in [0.1, 0.15) is 44.4 Å². The molecule has 2 rings (SSSR count). The molecule has 0 fully saturated rings. The maximum atomic E-state index is 10.3. The lowest BCUT2D eigenvalue weighted by Crippen LogP contribution is -2.27. The highest BCUT2D eigenvalue weighted by atomic mass is 16.5. The van der Waals surface area contributed by atoms with Crippen LogP contribution in [-0.2, 0) is 11.2 Å². The summed E-state index contributed by atoms with van der Waals surface area (Å²) in [5.74, 6) is 0.807. The first-order valence-electron chi connectivity index (χ1n) is 6.97. The maximum absolute atomic E-state index is 10.3. The Kier molecular flexibility index (Phi) is 4.41. The zero-order valence-electron chi connectivity index (χ0n) is 11.6. The highest BCUT2D eigenvalue weighted by molar-refractivity contribution is 5.30. The van der Waals surface area contributed by atoms with Gasteiger partial charge in [0.2, 0.25) is 0 Å². The summed E-state index contributed by atoms with van der Waals surface area (Å²) < 4.78 is 5.84. The van der Waals surface area contributed by atoms with Gasteiger partial charge in [0.05, 0.1) is 18.8 Å². The summed E-state index contributed by atoms with van der Waals surface area (Å²) in [6.45, 7) is 7.20. The third-order valence-corrected chi connectivity index (χ3v) is 4.21. The SMILES string of the molecule is CC(C)C(C)C(O)CC1OCCc2ccccc21. The molecule has 18 heavy (non-hydrogen) atoms. The molecule has 1 heterocycles. The molecular weight excluding hydrogens is 224 g/mol. The topological polar surface area (TPSA) is 29.5 Å². The van der Waals surface area contributed by atoms with Crippen molar-refractivity contribution in [3.8, 4) is 0 Å². The van der Waals surface area contributed by atoms with Crippen LogP contribution in [0.15, 0.2) is 24.3 Å². The minimum Gasteiger partial charge on any atom is -0.393 e. The van der Waals surface area contributed by atoms with Gasteiger partial charge in [0, 0.05) is 6.42 Å². The Hall–Kier alpha value is -0.860. The Balaban J connectivity index is 2.07. The fraction of sp³-hybridized carbons (Fsp3) is 0.625. The van der Waals surface area contributed by atoms with Gasteiger partial charge in [-0.2, -0.15) is 0 Å². The second-order valence-corrected chi connectivity index (χ2v) is 5.71. The van der Waals surface area contributed by atoms with Crippen LogP contribution < -0.4 is 0 Å². The lowest BCUT2D eigenvalue weighted by Gasteiger charge is -2.30. The average Bonchev–Trinajstić information content (AvgIpc) is 2.38. The summed E-state index contributed by atoms with van der Waals surface area (Å²) >= 11 is 0. The molecule has 0 spiro atoms. The van der Waals surface area contributed by atoms with Gasteiger partial charge >= 0.3 is 0 Å². The summed E-state index contributed by atoms with van der Waals surface area (Å²) in [6.07, 6.45) is 1.46. The van der Waals surface area contributed by atoms with E-state index in [4.69, 9.17) is 4.74 Å². The molecule has 3 atom stereocenters. The van der Waals surface area contributed by atoms with Crippen molar-refractivity contribution in [2.45, 2.75) is 45.8 Å². The van der Waals surface area contributed by atoms with E-state index in [1.54, 1.807) is 0 Å². The van der Waals surface area contributed by atoms with Crippen molar-refractivity contribution in [3.63, 3.8) is 0 Å². The molecule has 1 aliphatic heterocycles. The summed E-state index contributed by atoms with van der Waals surface area (Å²) in [5.41, 5.74) is 2.64. The van der Waals surface area contributed by atoms with Crippen molar-refractivity contribution in [3.05, 3.63) is 35.4 Å². The smallest absolute Gasteiger partial charge is 0.0852 e. The second kappa shape index (κ2) is 5.85. The summed E-state index contributed by atoms with van der Waals surface area (Å²) in [6, 6.07) is 8.43. The highest BCUT2D eigenvalue weighted by Crippen LogP contribution is 2.32. The predicted octanol–water partition coefficient (Wildman–Crippen LogP) is 3.34. The molecule has 0 bridgehead atoms. The molecule has 1 N–H and O–H groups in total. The van der Waals surface area contributed by atoms with E-state index in [2.05, 4.69) is 45.0 Å². The average molecular weight is 248 g/mol. The van der Waals surface area contributed by atoms with E-state index in [-0.39, 0.29) is 12.2 Å². The summed E-state index contributed by atoms with van der Waals surface area (Å²) in [4.78, 5) is 0. The Morgan fingerprint density at radius 2 is 2.00 bits per heavy atom. The van der Waals surface area contributed by atoms with E-state index in [1.807, 2.05) is 0 Å². The Bertz CT molecular complexity index is 386. The Labute approximate surface area is 110 Å². The number of aliphatic hydroxyl groups excluding tert-OH is 1. The number of rotatable bonds is 4. The van der Waals surface area contributed by atoms with Gasteiger partial charge < -0.3 is 9.84 Å². The molecule has 0 aliphatic carbocycles. The maximum Gasteiger partial charge on any atom is 0.0852 e. The zero-order chi connectivity index (χ0) is 13.1. The van der Waals surface area contributed by atoms with Crippen LogP contribution in [0.25, 0.3) is 0 Å². The number of ether oxygens (including phenoxy) is 1. The summed E-state index contributed by atoms with van der Waals surface area (Å²) in [7, 11) is 0. The van der Waals surface area contributed by atoms with Gasteiger partial charge in [-0.25, -0.2) is 0 Å². The van der Waals surface area contributed by atoms with Gasteiger partial charge in [-0.1, -0.05) is 45.0 Å². The number of benzene rings is 1. The van der Waals surface area contributed by atoms with E-state index in [0.717, 1.165) is 13.0 Å². The van der Waals surface area contributed by atoms with Gasteiger partial charge in [-0.15, -0.1) is 0 Å². The van der Waals surface area contributed by atoms with Crippen LogP contribution in [0.5, 0.6) is 0 Å². The lowest BCUT2D eigenvalue weighted by atomic mass is 9.86. The predicted molar refractivity (Wildman–Crippen MR) is 73.5 cm³/mol. The van der Waals surface area contributed by atoms with Crippen LogP contribution in [0.2, 0.25) is 0 Å². The first kappa shape index (κ1) is 13.6. The molecule has 0 aromatic heterocycles. The highest BCUT2D eigenvalue weighted by Gasteiger charge is 2.26. The van der Waals surface area contributed by atoms with Crippen LogP contribution in [-0.4, -0.2) is 17.8 Å². The molecule has 3 unspecified atom stereocenters. The molecule has 0 saturated carbocycles. The third kappa shape index (κ3) is 2.93. The Morgan fingerprint density at radius 3 is 2.72 bits per heavy atom. The lowest BCUT2D eigenvalue weighted by molar-refractivity contribution is -0.0154. The molecule has 1 aliphatic rings. The van der Waals surface area contributed by atoms with Crippen molar-refractivity contribution in [2.75, 3.05) is 6.61 Å². The molecule has 1 aromatic rings. The third-order valence-electron chi connectivity index (χ3n) is 4.21. The monoisotopic (exact) mass is 248 g/mol. The number of hydrogen-bond donors (Lipinski definition) is 1. The normalized spacial score (nSPS) is 22.6. The van der Waals surface area contributed by atoms with Crippen LogP contribution in [0.4, 0.5) is 0 Å². The molecular formula is C16H24O2. The quantitative estimate of drug-likeness (QED) is 0.885. The van der Waals surface area contributed by atoms with Crippen molar-refractivity contribution in [2.24, 2.45) is 11.8 Å². The van der Waals surface area contributed by atoms with E-state index in [0.29, 0.717) is 18.3 Å². The molecule has 2 heteroatoms. The first-order chi connectivity index (χ1) is 8.59. The van der Waals surface area contributed by atoms with Crippen LogP contribution in [0, 0.1) is 11.8 Å². The molecule has 1 aromatic carbocycles. The van der Waals surface area contributed by atoms with Crippen LogP contribution in [0.3, 0.4) is 0 Å². The van der Waals surface area contributed by atoms with E-state index >= 15 is 0 Å². The largest absolute Gasteiger partial charge is 0.393 e. The van der Waals surface area contributed by atoms with E-state index in [9.17, 15) is 5.11 Å². The van der Waals surface area contributed by atoms with Crippen molar-refractivity contribution < 1.29 is 9.84 Å². The molecule has 0 radical (unpaired) electrons. The van der Waals surface area contributed by atoms with Gasteiger partial charge in [0.15, 0.2) is 0 Å². The Morgan fingerprint density at radius 1 is 1.28 bits per heavy atom. The standard InChI is InChI=1S/C16H24O2/c1-11(2)12(3)15(17)10-16-14-7-5-4-6-13(14)8-9-18-16/h4-7,11-12,15-17H,8-10H2,1-3H3. The van der Waals surface area contributed by atoms with Gasteiger partial charge in [0.25, 0.3) is 0 Å². The van der Waals surface area contributed by atoms with E-state index in [1.165, 1.54) is 11.1 Å². The minimum atomic E-state index is -0.291. The van der Waals surface area contributed by atoms with Crippen LogP contribution >= 0.6 is 0 Å². The molecule has 100 valence electrons. The van der Waals surface area contributed by atoms with Gasteiger partial charge in [-0.05, 0) is 29.4 Å². The van der Waals surface area contributed by atoms with Gasteiger partial charge in [-0.3, -0.25) is 0 Å². The minimum absolute atomic E-state index is 0.0612. The fourth-order valence-corrected chi connectivity index (χ4v) is 2.55.